The van der Waals surface area contributed by atoms with Crippen LogP contribution in [0.5, 0.6) is 0 Å². The molecule has 19 heavy (non-hydrogen) atoms. The van der Waals surface area contributed by atoms with E-state index in [1.807, 2.05) is 13.8 Å². The van der Waals surface area contributed by atoms with Crippen molar-refractivity contribution in [2.45, 2.75) is 20.3 Å². The zero-order chi connectivity index (χ0) is 14.0. The molecule has 0 fully saturated rings. The van der Waals surface area contributed by atoms with E-state index in [2.05, 4.69) is 11.1 Å². The summed E-state index contributed by atoms with van der Waals surface area (Å²) in [6.07, 6.45) is 0.712. The summed E-state index contributed by atoms with van der Waals surface area (Å²) in [4.78, 5) is 4.23. The lowest BCUT2D eigenvalue weighted by Gasteiger charge is -2.14. The third-order valence-corrected chi connectivity index (χ3v) is 3.13. The van der Waals surface area contributed by atoms with Crippen LogP contribution in [0.1, 0.15) is 23.7 Å². The number of aryl methyl sites for hydroxylation is 1. The van der Waals surface area contributed by atoms with Gasteiger partial charge in [-0.05, 0) is 36.6 Å². The maximum absolute atomic E-state index is 13.4. The van der Waals surface area contributed by atoms with E-state index in [0.717, 1.165) is 11.3 Å². The highest BCUT2D eigenvalue weighted by Crippen LogP contribution is 2.32. The van der Waals surface area contributed by atoms with Gasteiger partial charge in [-0.25, -0.2) is 9.37 Å². The molecule has 96 valence electrons. The molecule has 4 heteroatoms. The fourth-order valence-corrected chi connectivity index (χ4v) is 2.21. The SMILES string of the molecule is CCc1nc(N)c(C#N)c(-c2cccc(F)c2)c1C. The monoisotopic (exact) mass is 255 g/mol. The van der Waals surface area contributed by atoms with Crippen molar-refractivity contribution >= 4 is 5.82 Å². The zero-order valence-corrected chi connectivity index (χ0v) is 10.9. The second kappa shape index (κ2) is 5.07. The Morgan fingerprint density at radius 3 is 2.74 bits per heavy atom. The summed E-state index contributed by atoms with van der Waals surface area (Å²) in [6.45, 7) is 3.85. The number of rotatable bonds is 2. The Morgan fingerprint density at radius 2 is 2.16 bits per heavy atom. The molecule has 0 spiro atoms. The molecule has 1 aromatic carbocycles. The van der Waals surface area contributed by atoms with Crippen molar-refractivity contribution in [3.63, 3.8) is 0 Å². The number of hydrogen-bond donors (Lipinski definition) is 1. The normalized spacial score (nSPS) is 10.2. The van der Waals surface area contributed by atoms with E-state index in [1.165, 1.54) is 12.1 Å². The number of anilines is 1. The van der Waals surface area contributed by atoms with Crippen molar-refractivity contribution in [3.05, 3.63) is 46.9 Å². The molecule has 0 unspecified atom stereocenters. The van der Waals surface area contributed by atoms with Crippen LogP contribution in [0.3, 0.4) is 0 Å². The molecule has 3 nitrogen and oxygen atoms in total. The van der Waals surface area contributed by atoms with Crippen LogP contribution in [0.2, 0.25) is 0 Å². The molecule has 1 aromatic heterocycles. The number of nitrogen functional groups attached to an aromatic ring is 1. The molecule has 2 rings (SSSR count). The van der Waals surface area contributed by atoms with Crippen molar-refractivity contribution in [1.82, 2.24) is 4.98 Å². The van der Waals surface area contributed by atoms with E-state index in [9.17, 15) is 9.65 Å². The summed E-state index contributed by atoms with van der Waals surface area (Å²) < 4.78 is 13.4. The van der Waals surface area contributed by atoms with E-state index in [0.29, 0.717) is 23.1 Å². The van der Waals surface area contributed by atoms with Gasteiger partial charge in [0.05, 0.1) is 0 Å². The number of aromatic nitrogens is 1. The van der Waals surface area contributed by atoms with Crippen molar-refractivity contribution in [3.8, 4) is 17.2 Å². The molecule has 0 aliphatic carbocycles. The standard InChI is InChI=1S/C15H14FN3/c1-3-13-9(2)14(12(8-17)15(18)19-13)10-5-4-6-11(16)7-10/h4-7H,3H2,1-2H3,(H2,18,19). The van der Waals surface area contributed by atoms with Gasteiger partial charge in [0, 0.05) is 11.3 Å². The Kier molecular flexibility index (Phi) is 3.48. The predicted octanol–water partition coefficient (Wildman–Crippen LogP) is 3.21. The van der Waals surface area contributed by atoms with Gasteiger partial charge in [0.25, 0.3) is 0 Å². The number of nitriles is 1. The van der Waals surface area contributed by atoms with Gasteiger partial charge in [0.1, 0.15) is 23.3 Å². The van der Waals surface area contributed by atoms with E-state index < -0.39 is 0 Å². The maximum atomic E-state index is 13.4. The minimum Gasteiger partial charge on any atom is -0.383 e. The second-order valence-electron chi connectivity index (χ2n) is 4.29. The average Bonchev–Trinajstić information content (AvgIpc) is 2.40. The van der Waals surface area contributed by atoms with Crippen molar-refractivity contribution in [1.29, 1.82) is 5.26 Å². The third kappa shape index (κ3) is 2.27. The molecule has 2 aromatic rings. The third-order valence-electron chi connectivity index (χ3n) is 3.13. The Balaban J connectivity index is 2.81. The quantitative estimate of drug-likeness (QED) is 0.896. The van der Waals surface area contributed by atoms with Crippen LogP contribution in [-0.2, 0) is 6.42 Å². The van der Waals surface area contributed by atoms with Crippen LogP contribution in [0.4, 0.5) is 10.2 Å². The molecule has 0 atom stereocenters. The van der Waals surface area contributed by atoms with Crippen molar-refractivity contribution < 1.29 is 4.39 Å². The van der Waals surface area contributed by atoms with Gasteiger partial charge in [-0.1, -0.05) is 19.1 Å². The maximum Gasteiger partial charge on any atom is 0.142 e. The van der Waals surface area contributed by atoms with Crippen LogP contribution in [-0.4, -0.2) is 4.98 Å². The Hall–Kier alpha value is -2.41. The molecule has 0 amide bonds. The number of nitrogens with two attached hydrogens (primary N) is 1. The lowest BCUT2D eigenvalue weighted by molar-refractivity contribution is 0.628. The molecule has 0 radical (unpaired) electrons. The highest BCUT2D eigenvalue weighted by atomic mass is 19.1. The fraction of sp³-hybridized carbons (Fsp3) is 0.200. The lowest BCUT2D eigenvalue weighted by Crippen LogP contribution is -2.05. The van der Waals surface area contributed by atoms with Gasteiger partial charge in [0.15, 0.2) is 0 Å². The van der Waals surface area contributed by atoms with E-state index in [1.54, 1.807) is 12.1 Å². The van der Waals surface area contributed by atoms with E-state index >= 15 is 0 Å². The topological polar surface area (TPSA) is 62.7 Å². The van der Waals surface area contributed by atoms with Crippen LogP contribution >= 0.6 is 0 Å². The molecule has 0 saturated heterocycles. The van der Waals surface area contributed by atoms with Crippen molar-refractivity contribution in [2.24, 2.45) is 0 Å². The van der Waals surface area contributed by atoms with Crippen LogP contribution in [0, 0.1) is 24.1 Å². The van der Waals surface area contributed by atoms with Gasteiger partial charge in [0.2, 0.25) is 0 Å². The molecule has 0 bridgehead atoms. The summed E-state index contributed by atoms with van der Waals surface area (Å²) in [5.74, 6) is -0.140. The Bertz CT molecular complexity index is 671. The first kappa shape index (κ1) is 13.0. The highest BCUT2D eigenvalue weighted by molar-refractivity contribution is 5.78. The first-order chi connectivity index (χ1) is 9.08. The summed E-state index contributed by atoms with van der Waals surface area (Å²) in [5.41, 5.74) is 9.16. The van der Waals surface area contributed by atoms with Gasteiger partial charge in [-0.15, -0.1) is 0 Å². The second-order valence-corrected chi connectivity index (χ2v) is 4.29. The summed E-state index contributed by atoms with van der Waals surface area (Å²) >= 11 is 0. The number of benzene rings is 1. The van der Waals surface area contributed by atoms with Gasteiger partial charge < -0.3 is 5.73 Å². The summed E-state index contributed by atoms with van der Waals surface area (Å²) in [6, 6.07) is 8.23. The fourth-order valence-electron chi connectivity index (χ4n) is 2.21. The smallest absolute Gasteiger partial charge is 0.142 e. The number of halogens is 1. The Morgan fingerprint density at radius 1 is 1.42 bits per heavy atom. The molecular formula is C15H14FN3. The summed E-state index contributed by atoms with van der Waals surface area (Å²) in [7, 11) is 0. The first-order valence-electron chi connectivity index (χ1n) is 6.03. The molecule has 2 N–H and O–H groups in total. The number of hydrogen-bond acceptors (Lipinski definition) is 3. The van der Waals surface area contributed by atoms with Gasteiger partial charge in [-0.3, -0.25) is 0 Å². The van der Waals surface area contributed by atoms with Crippen molar-refractivity contribution in [2.75, 3.05) is 5.73 Å². The van der Waals surface area contributed by atoms with Crippen LogP contribution < -0.4 is 5.73 Å². The number of nitrogens with zero attached hydrogens (tertiary/aromatic N) is 2. The molecular weight excluding hydrogens is 241 g/mol. The van der Waals surface area contributed by atoms with Crippen LogP contribution in [0.25, 0.3) is 11.1 Å². The number of pyridine rings is 1. The molecule has 0 aliphatic rings. The highest BCUT2D eigenvalue weighted by Gasteiger charge is 2.16. The van der Waals surface area contributed by atoms with Gasteiger partial charge >= 0.3 is 0 Å². The van der Waals surface area contributed by atoms with E-state index in [4.69, 9.17) is 5.73 Å². The van der Waals surface area contributed by atoms with Gasteiger partial charge in [-0.2, -0.15) is 5.26 Å². The molecule has 1 heterocycles. The predicted molar refractivity (Wildman–Crippen MR) is 72.9 cm³/mol. The first-order valence-corrected chi connectivity index (χ1v) is 6.03. The molecule has 0 saturated carbocycles. The summed E-state index contributed by atoms with van der Waals surface area (Å²) in [5, 5.41) is 9.25. The minimum atomic E-state index is -0.339. The largest absolute Gasteiger partial charge is 0.383 e. The van der Waals surface area contributed by atoms with E-state index in [-0.39, 0.29) is 11.6 Å². The minimum absolute atomic E-state index is 0.198. The zero-order valence-electron chi connectivity index (χ0n) is 10.9. The average molecular weight is 255 g/mol. The molecule has 0 aliphatic heterocycles. The lowest BCUT2D eigenvalue weighted by atomic mass is 9.94. The van der Waals surface area contributed by atoms with Crippen LogP contribution in [0.15, 0.2) is 24.3 Å². The Labute approximate surface area is 111 Å².